The Morgan fingerprint density at radius 2 is 2.08 bits per heavy atom. The molecule has 60 valence electrons. The van der Waals surface area contributed by atoms with Gasteiger partial charge in [-0.2, -0.15) is 0 Å². The topological polar surface area (TPSA) is 39.8 Å². The van der Waals surface area contributed by atoms with E-state index in [-0.39, 0.29) is 0 Å². The number of aryl methyl sites for hydroxylation is 1. The molecule has 0 N–H and O–H groups in total. The van der Waals surface area contributed by atoms with Gasteiger partial charge in [-0.1, -0.05) is 12.1 Å². The smallest absolute Gasteiger partial charge is 0.298 e. The molecule has 0 saturated heterocycles. The van der Waals surface area contributed by atoms with Gasteiger partial charge in [0, 0.05) is 6.92 Å². The molecule has 3 nitrogen and oxygen atoms in total. The Morgan fingerprint density at radius 1 is 1.33 bits per heavy atom. The van der Waals surface area contributed by atoms with Gasteiger partial charge in [0.15, 0.2) is 5.52 Å². The number of benzene rings is 1. The van der Waals surface area contributed by atoms with Gasteiger partial charge in [0.05, 0.1) is 5.39 Å². The molecule has 0 unspecified atom stereocenters. The van der Waals surface area contributed by atoms with Gasteiger partial charge >= 0.3 is 0 Å². The van der Waals surface area contributed by atoms with Gasteiger partial charge < -0.3 is 5.21 Å². The van der Waals surface area contributed by atoms with E-state index in [0.29, 0.717) is 5.82 Å². The third-order valence-corrected chi connectivity index (χ3v) is 1.79. The summed E-state index contributed by atoms with van der Waals surface area (Å²) in [5.74, 6) is 0.480. The molecule has 1 aromatic carbocycles. The van der Waals surface area contributed by atoms with Gasteiger partial charge in [-0.05, 0) is 17.1 Å². The summed E-state index contributed by atoms with van der Waals surface area (Å²) < 4.78 is 0.780. The van der Waals surface area contributed by atoms with E-state index >= 15 is 0 Å². The summed E-state index contributed by atoms with van der Waals surface area (Å²) in [5.41, 5.74) is 0.863. The van der Waals surface area contributed by atoms with E-state index in [1.54, 1.807) is 6.92 Å². The molecule has 0 bridgehead atoms. The summed E-state index contributed by atoms with van der Waals surface area (Å²) >= 11 is 0. The summed E-state index contributed by atoms with van der Waals surface area (Å²) in [6.45, 7) is 1.69. The Morgan fingerprint density at radius 3 is 2.92 bits per heavy atom. The van der Waals surface area contributed by atoms with Crippen LogP contribution >= 0.6 is 0 Å². The van der Waals surface area contributed by atoms with E-state index < -0.39 is 0 Å². The Kier molecular flexibility index (Phi) is 1.43. The number of nitrogens with zero attached hydrogens (tertiary/aromatic N) is 2. The summed E-state index contributed by atoms with van der Waals surface area (Å²) in [6.07, 6.45) is 1.54. The lowest BCUT2D eigenvalue weighted by molar-refractivity contribution is -0.614. The number of rotatable bonds is 0. The predicted molar refractivity (Wildman–Crippen MR) is 45.4 cm³/mol. The van der Waals surface area contributed by atoms with Crippen molar-refractivity contribution in [2.24, 2.45) is 0 Å². The average Bonchev–Trinajstić information content (AvgIpc) is 2.07. The van der Waals surface area contributed by atoms with E-state index in [4.69, 9.17) is 0 Å². The van der Waals surface area contributed by atoms with Crippen LogP contribution in [0.2, 0.25) is 0 Å². The monoisotopic (exact) mass is 160 g/mol. The first-order chi connectivity index (χ1) is 5.77. The standard InChI is InChI=1S/C9H8N2O/c1-7-10-9-5-3-2-4-8(9)6-11(7)12/h2-6H,1H3. The lowest BCUT2D eigenvalue weighted by Gasteiger charge is -2.02. The van der Waals surface area contributed by atoms with Crippen molar-refractivity contribution in [1.82, 2.24) is 4.98 Å². The molecule has 0 fully saturated rings. The zero-order chi connectivity index (χ0) is 8.55. The van der Waals surface area contributed by atoms with Crippen LogP contribution in [0.3, 0.4) is 0 Å². The number of aromatic nitrogens is 2. The van der Waals surface area contributed by atoms with Crippen molar-refractivity contribution in [3.8, 4) is 0 Å². The van der Waals surface area contributed by atoms with Crippen LogP contribution in [0.25, 0.3) is 10.9 Å². The largest absolute Gasteiger partial charge is 0.711 e. The second kappa shape index (κ2) is 2.44. The van der Waals surface area contributed by atoms with Crippen molar-refractivity contribution in [1.29, 1.82) is 0 Å². The van der Waals surface area contributed by atoms with E-state index in [1.165, 1.54) is 6.20 Å². The van der Waals surface area contributed by atoms with Crippen LogP contribution in [0.15, 0.2) is 30.5 Å². The number of hydrogen-bond donors (Lipinski definition) is 0. The van der Waals surface area contributed by atoms with Gasteiger partial charge in [0.2, 0.25) is 0 Å². The molecule has 2 rings (SSSR count). The van der Waals surface area contributed by atoms with Gasteiger partial charge in [0.25, 0.3) is 5.82 Å². The number of para-hydroxylation sites is 1. The summed E-state index contributed by atoms with van der Waals surface area (Å²) in [7, 11) is 0. The fourth-order valence-corrected chi connectivity index (χ4v) is 1.14. The van der Waals surface area contributed by atoms with Crippen LogP contribution in [0, 0.1) is 12.1 Å². The van der Waals surface area contributed by atoms with Crippen LogP contribution in [-0.4, -0.2) is 4.98 Å². The highest BCUT2D eigenvalue weighted by molar-refractivity contribution is 5.76. The molecule has 0 spiro atoms. The fourth-order valence-electron chi connectivity index (χ4n) is 1.14. The molecule has 0 aliphatic rings. The minimum Gasteiger partial charge on any atom is -0.711 e. The molecular formula is C9H8N2O. The normalized spacial score (nSPS) is 10.4. The molecule has 12 heavy (non-hydrogen) atoms. The minimum atomic E-state index is 0.480. The molecule has 0 amide bonds. The van der Waals surface area contributed by atoms with Crippen LogP contribution in [-0.2, 0) is 0 Å². The van der Waals surface area contributed by atoms with Gasteiger partial charge in [0.1, 0.15) is 6.20 Å². The van der Waals surface area contributed by atoms with Crippen LogP contribution in [0.4, 0.5) is 0 Å². The van der Waals surface area contributed by atoms with Crippen LogP contribution in [0.1, 0.15) is 5.82 Å². The molecule has 1 heterocycles. The summed E-state index contributed by atoms with van der Waals surface area (Å²) in [4.78, 5) is 4.13. The fraction of sp³-hybridized carbons (Fsp3) is 0.111. The maximum Gasteiger partial charge on any atom is 0.298 e. The lowest BCUT2D eigenvalue weighted by Crippen LogP contribution is -2.30. The maximum absolute atomic E-state index is 11.1. The summed E-state index contributed by atoms with van der Waals surface area (Å²) in [5, 5.41) is 12.0. The van der Waals surface area contributed by atoms with Gasteiger partial charge in [-0.3, -0.25) is 0 Å². The van der Waals surface area contributed by atoms with Crippen molar-refractivity contribution in [2.75, 3.05) is 0 Å². The molecule has 0 aliphatic carbocycles. The Labute approximate surface area is 69.9 Å². The Hall–Kier alpha value is -1.64. The zero-order valence-electron chi connectivity index (χ0n) is 6.69. The molecule has 0 saturated carbocycles. The molecule has 0 aliphatic heterocycles. The number of fused-ring (bicyclic) bond motifs is 1. The molecular weight excluding hydrogens is 152 g/mol. The SMILES string of the molecule is Cc1nc2ccccc2c[n+]1[O-]. The van der Waals surface area contributed by atoms with E-state index in [0.717, 1.165) is 15.6 Å². The Balaban J connectivity index is 2.84. The van der Waals surface area contributed by atoms with Crippen molar-refractivity contribution < 1.29 is 4.73 Å². The molecule has 2 aromatic rings. The summed E-state index contributed by atoms with van der Waals surface area (Å²) in [6, 6.07) is 7.56. The highest BCUT2D eigenvalue weighted by Gasteiger charge is 2.03. The van der Waals surface area contributed by atoms with E-state index in [2.05, 4.69) is 4.98 Å². The maximum atomic E-state index is 11.1. The Bertz CT molecular complexity index is 385. The highest BCUT2D eigenvalue weighted by atomic mass is 16.5. The minimum absolute atomic E-state index is 0.480. The molecule has 1 aromatic heterocycles. The van der Waals surface area contributed by atoms with E-state index in [1.807, 2.05) is 24.3 Å². The zero-order valence-corrected chi connectivity index (χ0v) is 6.69. The molecule has 0 atom stereocenters. The van der Waals surface area contributed by atoms with Crippen molar-refractivity contribution in [3.05, 3.63) is 41.5 Å². The van der Waals surface area contributed by atoms with Gasteiger partial charge in [-0.25, -0.2) is 4.73 Å². The third kappa shape index (κ3) is 0.993. The highest BCUT2D eigenvalue weighted by Crippen LogP contribution is 2.07. The second-order valence-corrected chi connectivity index (χ2v) is 2.67. The van der Waals surface area contributed by atoms with Crippen molar-refractivity contribution >= 4 is 10.9 Å². The first-order valence-corrected chi connectivity index (χ1v) is 3.73. The predicted octanol–water partition coefficient (Wildman–Crippen LogP) is 1.18. The quantitative estimate of drug-likeness (QED) is 0.428. The third-order valence-electron chi connectivity index (χ3n) is 1.79. The molecule has 0 radical (unpaired) electrons. The second-order valence-electron chi connectivity index (χ2n) is 2.67. The van der Waals surface area contributed by atoms with E-state index in [9.17, 15) is 5.21 Å². The molecule has 3 heteroatoms. The van der Waals surface area contributed by atoms with Crippen LogP contribution in [0.5, 0.6) is 0 Å². The van der Waals surface area contributed by atoms with Crippen LogP contribution < -0.4 is 4.73 Å². The van der Waals surface area contributed by atoms with Crippen molar-refractivity contribution in [2.45, 2.75) is 6.92 Å². The van der Waals surface area contributed by atoms with Crippen molar-refractivity contribution in [3.63, 3.8) is 0 Å². The lowest BCUT2D eigenvalue weighted by atomic mass is 10.2. The first kappa shape index (κ1) is 7.03. The number of hydrogen-bond acceptors (Lipinski definition) is 2. The first-order valence-electron chi connectivity index (χ1n) is 3.73. The van der Waals surface area contributed by atoms with Gasteiger partial charge in [-0.15, -0.1) is 0 Å². The average molecular weight is 160 g/mol.